The smallest absolute Gasteiger partial charge is 0.318 e. The molecule has 0 saturated heterocycles. The van der Waals surface area contributed by atoms with Gasteiger partial charge in [0.1, 0.15) is 18.3 Å². The number of esters is 1. The second-order valence-electron chi connectivity index (χ2n) is 8.28. The standard InChI is InChI=1S/C28H26N2O6S/c1-29-26(32)22(27(33)35-2)16-18-8-11-21(12-9-18)36-15-14-30-23-13-10-20(17-24(23)37-28(30)34)25(31)19-6-4-3-5-7-19/h3-13,17,22H,14-16H2,1-2H3,(H,29,32). The van der Waals surface area contributed by atoms with Gasteiger partial charge in [-0.3, -0.25) is 23.7 Å². The maximum Gasteiger partial charge on any atom is 0.318 e. The molecule has 1 atom stereocenters. The lowest BCUT2D eigenvalue weighted by atomic mass is 9.98. The molecule has 1 amide bonds. The van der Waals surface area contributed by atoms with E-state index in [0.717, 1.165) is 27.1 Å². The highest BCUT2D eigenvalue weighted by molar-refractivity contribution is 7.16. The molecule has 0 bridgehead atoms. The fourth-order valence-corrected chi connectivity index (χ4v) is 4.94. The number of nitrogens with one attached hydrogen (secondary N) is 1. The molecular formula is C28H26N2O6S. The number of methoxy groups -OCH3 is 1. The summed E-state index contributed by atoms with van der Waals surface area (Å²) in [7, 11) is 2.72. The zero-order valence-electron chi connectivity index (χ0n) is 20.4. The van der Waals surface area contributed by atoms with Crippen molar-refractivity contribution in [2.75, 3.05) is 20.8 Å². The van der Waals surface area contributed by atoms with Crippen LogP contribution in [-0.4, -0.2) is 43.0 Å². The lowest BCUT2D eigenvalue weighted by molar-refractivity contribution is -0.149. The van der Waals surface area contributed by atoms with Crippen molar-refractivity contribution in [1.82, 2.24) is 9.88 Å². The van der Waals surface area contributed by atoms with Gasteiger partial charge in [0.15, 0.2) is 5.78 Å². The third kappa shape index (κ3) is 5.95. The second kappa shape index (κ2) is 11.7. The predicted molar refractivity (Wildman–Crippen MR) is 141 cm³/mol. The minimum atomic E-state index is -0.927. The van der Waals surface area contributed by atoms with E-state index >= 15 is 0 Å². The van der Waals surface area contributed by atoms with Gasteiger partial charge in [-0.25, -0.2) is 0 Å². The molecule has 1 heterocycles. The van der Waals surface area contributed by atoms with Gasteiger partial charge in [0.05, 0.1) is 23.9 Å². The summed E-state index contributed by atoms with van der Waals surface area (Å²) in [6, 6.07) is 21.4. The van der Waals surface area contributed by atoms with E-state index in [0.29, 0.717) is 23.4 Å². The number of ether oxygens (including phenoxy) is 2. The fourth-order valence-electron chi connectivity index (χ4n) is 3.99. The number of hydrogen-bond acceptors (Lipinski definition) is 7. The van der Waals surface area contributed by atoms with Gasteiger partial charge in [-0.15, -0.1) is 0 Å². The van der Waals surface area contributed by atoms with Gasteiger partial charge < -0.3 is 14.8 Å². The van der Waals surface area contributed by atoms with Crippen molar-refractivity contribution >= 4 is 39.2 Å². The fraction of sp³-hybridized carbons (Fsp3) is 0.214. The van der Waals surface area contributed by atoms with Gasteiger partial charge in [-0.05, 0) is 42.3 Å². The van der Waals surface area contributed by atoms with E-state index in [1.807, 2.05) is 18.2 Å². The minimum Gasteiger partial charge on any atom is -0.492 e. The molecular weight excluding hydrogens is 492 g/mol. The number of aromatic nitrogens is 1. The summed E-state index contributed by atoms with van der Waals surface area (Å²) in [4.78, 5) is 49.2. The van der Waals surface area contributed by atoms with Crippen LogP contribution in [0.15, 0.2) is 77.6 Å². The Morgan fingerprint density at radius 2 is 1.70 bits per heavy atom. The number of thiazole rings is 1. The van der Waals surface area contributed by atoms with Crippen molar-refractivity contribution in [3.05, 3.63) is 99.2 Å². The number of rotatable bonds is 10. The molecule has 3 aromatic carbocycles. The van der Waals surface area contributed by atoms with E-state index in [1.54, 1.807) is 59.2 Å². The van der Waals surface area contributed by atoms with Crippen molar-refractivity contribution in [2.45, 2.75) is 13.0 Å². The van der Waals surface area contributed by atoms with Gasteiger partial charge in [0.2, 0.25) is 5.91 Å². The van der Waals surface area contributed by atoms with Crippen molar-refractivity contribution in [1.29, 1.82) is 0 Å². The molecule has 1 unspecified atom stereocenters. The molecule has 0 spiro atoms. The minimum absolute atomic E-state index is 0.0880. The summed E-state index contributed by atoms with van der Waals surface area (Å²) < 4.78 is 12.9. The van der Waals surface area contributed by atoms with Gasteiger partial charge in [0, 0.05) is 18.2 Å². The van der Waals surface area contributed by atoms with Crippen LogP contribution in [0.4, 0.5) is 0 Å². The van der Waals surface area contributed by atoms with Gasteiger partial charge in [0.25, 0.3) is 0 Å². The molecule has 8 nitrogen and oxygen atoms in total. The first-order valence-corrected chi connectivity index (χ1v) is 12.5. The highest BCUT2D eigenvalue weighted by atomic mass is 32.1. The first-order valence-electron chi connectivity index (χ1n) is 11.7. The van der Waals surface area contributed by atoms with Crippen LogP contribution in [-0.2, 0) is 27.3 Å². The topological polar surface area (TPSA) is 104 Å². The molecule has 4 aromatic rings. The van der Waals surface area contributed by atoms with Crippen LogP contribution >= 0.6 is 11.3 Å². The largest absolute Gasteiger partial charge is 0.492 e. The van der Waals surface area contributed by atoms with Crippen molar-refractivity contribution < 1.29 is 23.9 Å². The average molecular weight is 519 g/mol. The molecule has 0 fully saturated rings. The maximum atomic E-state index is 12.7. The lowest BCUT2D eigenvalue weighted by Crippen LogP contribution is -2.35. The SMILES string of the molecule is CNC(=O)C(Cc1ccc(OCCn2c(=O)sc3cc(C(=O)c4ccccc4)ccc32)cc1)C(=O)OC. The lowest BCUT2D eigenvalue weighted by Gasteiger charge is -2.13. The van der Waals surface area contributed by atoms with E-state index in [2.05, 4.69) is 5.32 Å². The van der Waals surface area contributed by atoms with Crippen LogP contribution in [0.2, 0.25) is 0 Å². The molecule has 9 heteroatoms. The molecule has 0 aliphatic carbocycles. The monoisotopic (exact) mass is 518 g/mol. The van der Waals surface area contributed by atoms with Crippen molar-refractivity contribution in [3.8, 4) is 5.75 Å². The first kappa shape index (κ1) is 25.8. The molecule has 4 rings (SSSR count). The Balaban J connectivity index is 1.40. The van der Waals surface area contributed by atoms with Gasteiger partial charge in [-0.1, -0.05) is 53.8 Å². The van der Waals surface area contributed by atoms with Gasteiger partial charge in [-0.2, -0.15) is 0 Å². The van der Waals surface area contributed by atoms with E-state index in [-0.39, 0.29) is 23.7 Å². The summed E-state index contributed by atoms with van der Waals surface area (Å²) >= 11 is 1.10. The molecule has 0 saturated carbocycles. The Hall–Kier alpha value is -4.24. The second-order valence-corrected chi connectivity index (χ2v) is 9.28. The number of carbonyl (C=O) groups is 3. The van der Waals surface area contributed by atoms with E-state index in [4.69, 9.17) is 9.47 Å². The van der Waals surface area contributed by atoms with Crippen LogP contribution in [0.25, 0.3) is 10.2 Å². The summed E-state index contributed by atoms with van der Waals surface area (Å²) in [6.45, 7) is 0.604. The Morgan fingerprint density at radius 1 is 0.973 bits per heavy atom. The summed E-state index contributed by atoms with van der Waals surface area (Å²) in [5.41, 5.74) is 2.67. The molecule has 190 valence electrons. The van der Waals surface area contributed by atoms with Gasteiger partial charge >= 0.3 is 10.8 Å². The molecule has 0 aliphatic rings. The van der Waals surface area contributed by atoms with E-state index < -0.39 is 17.8 Å². The van der Waals surface area contributed by atoms with Crippen molar-refractivity contribution in [3.63, 3.8) is 0 Å². The first-order chi connectivity index (χ1) is 17.9. The third-order valence-corrected chi connectivity index (χ3v) is 6.90. The number of benzene rings is 3. The van der Waals surface area contributed by atoms with Crippen LogP contribution in [0.1, 0.15) is 21.5 Å². The number of ketones is 1. The Kier molecular flexibility index (Phi) is 8.15. The average Bonchev–Trinajstić information content (AvgIpc) is 3.25. The molecule has 0 radical (unpaired) electrons. The number of carbonyl (C=O) groups excluding carboxylic acids is 3. The zero-order valence-corrected chi connectivity index (χ0v) is 21.2. The van der Waals surface area contributed by atoms with E-state index in [1.165, 1.54) is 14.2 Å². The Morgan fingerprint density at radius 3 is 2.38 bits per heavy atom. The molecule has 37 heavy (non-hydrogen) atoms. The molecule has 1 aromatic heterocycles. The normalized spacial score (nSPS) is 11.6. The number of hydrogen-bond donors (Lipinski definition) is 1. The molecule has 0 aliphatic heterocycles. The van der Waals surface area contributed by atoms with Crippen LogP contribution in [0.5, 0.6) is 5.75 Å². The highest BCUT2D eigenvalue weighted by Crippen LogP contribution is 2.22. The van der Waals surface area contributed by atoms with Crippen LogP contribution in [0, 0.1) is 5.92 Å². The third-order valence-electron chi connectivity index (χ3n) is 5.96. The Bertz CT molecular complexity index is 1460. The Labute approximate surface area is 217 Å². The summed E-state index contributed by atoms with van der Waals surface area (Å²) in [5.74, 6) is -1.41. The predicted octanol–water partition coefficient (Wildman–Crippen LogP) is 3.45. The number of nitrogens with zero attached hydrogens (tertiary/aromatic N) is 1. The summed E-state index contributed by atoms with van der Waals surface area (Å²) in [5, 5.41) is 2.48. The van der Waals surface area contributed by atoms with Crippen molar-refractivity contribution in [2.24, 2.45) is 5.92 Å². The van der Waals surface area contributed by atoms with E-state index in [9.17, 15) is 19.2 Å². The van der Waals surface area contributed by atoms with Crippen LogP contribution in [0.3, 0.4) is 0 Å². The maximum absolute atomic E-state index is 12.7. The summed E-state index contributed by atoms with van der Waals surface area (Å²) in [6.07, 6.45) is 0.206. The zero-order chi connectivity index (χ0) is 26.4. The number of fused-ring (bicyclic) bond motifs is 1. The molecule has 1 N–H and O–H groups in total. The highest BCUT2D eigenvalue weighted by Gasteiger charge is 2.26. The van der Waals surface area contributed by atoms with Crippen LogP contribution < -0.4 is 14.9 Å². The number of amides is 1. The quantitative estimate of drug-likeness (QED) is 0.196.